The van der Waals surface area contributed by atoms with Gasteiger partial charge in [-0.1, -0.05) is 38.1 Å². The molecule has 180 valence electrons. The zero-order valence-corrected chi connectivity index (χ0v) is 20.0. The summed E-state index contributed by atoms with van der Waals surface area (Å²) < 4.78 is 28.1. The van der Waals surface area contributed by atoms with Gasteiger partial charge in [0, 0.05) is 19.2 Å². The number of fused-ring (bicyclic) bond motifs is 1. The third-order valence-electron chi connectivity index (χ3n) is 5.41. The molecule has 0 aliphatic rings. The zero-order chi connectivity index (χ0) is 25.0. The van der Waals surface area contributed by atoms with Crippen LogP contribution in [0.2, 0.25) is 0 Å². The molecule has 0 bridgehead atoms. The fraction of sp³-hybridized carbons (Fsp3) is 0.167. The Labute approximate surface area is 202 Å². The van der Waals surface area contributed by atoms with E-state index in [9.17, 15) is 18.0 Å². The number of H-pyrrole nitrogens is 1. The lowest BCUT2D eigenvalue weighted by Crippen LogP contribution is -2.30. The second kappa shape index (κ2) is 10.0. The summed E-state index contributed by atoms with van der Waals surface area (Å²) >= 11 is 0. The van der Waals surface area contributed by atoms with Crippen LogP contribution in [-0.2, 0) is 14.8 Å². The molecule has 0 saturated carbocycles. The van der Waals surface area contributed by atoms with Crippen molar-refractivity contribution in [2.45, 2.75) is 18.7 Å². The highest BCUT2D eigenvalue weighted by molar-refractivity contribution is 7.89. The number of anilines is 1. The molecule has 0 aliphatic carbocycles. The number of sulfonamides is 1. The molecule has 2 heterocycles. The fourth-order valence-corrected chi connectivity index (χ4v) is 5.06. The van der Waals surface area contributed by atoms with Crippen molar-refractivity contribution in [3.8, 4) is 5.69 Å². The molecule has 0 unspecified atom stereocenters. The minimum absolute atomic E-state index is 0.204. The fourth-order valence-electron chi connectivity index (χ4n) is 3.61. The Morgan fingerprint density at radius 3 is 2.54 bits per heavy atom. The molecule has 2 N–H and O–H groups in total. The average Bonchev–Trinajstić information content (AvgIpc) is 3.29. The van der Waals surface area contributed by atoms with E-state index in [1.807, 2.05) is 0 Å². The molecule has 11 heteroatoms. The Kier molecular flexibility index (Phi) is 6.90. The lowest BCUT2D eigenvalue weighted by molar-refractivity contribution is -0.111. The lowest BCUT2D eigenvalue weighted by atomic mass is 10.2. The number of para-hydroxylation sites is 2. The maximum absolute atomic E-state index is 12.6. The molecular weight excluding hydrogens is 468 g/mol. The second-order valence-electron chi connectivity index (χ2n) is 7.52. The van der Waals surface area contributed by atoms with Gasteiger partial charge in [0.1, 0.15) is 5.39 Å². The van der Waals surface area contributed by atoms with Gasteiger partial charge in [-0.3, -0.25) is 9.59 Å². The number of nitrogens with zero attached hydrogens (tertiary/aromatic N) is 4. The quantitative estimate of drug-likeness (QED) is 0.364. The number of hydrogen-bond donors (Lipinski definition) is 2. The number of amides is 1. The van der Waals surface area contributed by atoms with Crippen molar-refractivity contribution in [1.82, 2.24) is 24.1 Å². The first kappa shape index (κ1) is 24.0. The van der Waals surface area contributed by atoms with Gasteiger partial charge in [-0.25, -0.2) is 18.1 Å². The van der Waals surface area contributed by atoms with Gasteiger partial charge in [0.15, 0.2) is 5.65 Å². The third-order valence-corrected chi connectivity index (χ3v) is 7.48. The number of nitrogens with one attached hydrogen (secondary N) is 2. The van der Waals surface area contributed by atoms with E-state index in [1.54, 1.807) is 56.3 Å². The van der Waals surface area contributed by atoms with E-state index in [0.717, 1.165) is 0 Å². The van der Waals surface area contributed by atoms with Crippen molar-refractivity contribution in [2.75, 3.05) is 18.4 Å². The molecule has 10 nitrogen and oxygen atoms in total. The summed E-state index contributed by atoms with van der Waals surface area (Å²) in [6.07, 6.45) is 5.67. The zero-order valence-electron chi connectivity index (χ0n) is 19.2. The molecule has 0 atom stereocenters. The Bertz CT molecular complexity index is 1550. The number of hydrogen-bond acceptors (Lipinski definition) is 6. The van der Waals surface area contributed by atoms with Gasteiger partial charge < -0.3 is 10.3 Å². The first-order valence-corrected chi connectivity index (χ1v) is 12.4. The van der Waals surface area contributed by atoms with Crippen molar-refractivity contribution in [2.24, 2.45) is 0 Å². The van der Waals surface area contributed by atoms with Gasteiger partial charge in [0.25, 0.3) is 5.56 Å². The SMILES string of the molecule is CCN(CC)S(=O)(=O)c1ccc(/C=C/C(=O)Nc2ccccc2-n2ncc3c(=O)[nH]cnc32)cc1. The van der Waals surface area contributed by atoms with Crippen LogP contribution in [-0.4, -0.2) is 51.5 Å². The van der Waals surface area contributed by atoms with E-state index in [-0.39, 0.29) is 16.4 Å². The molecule has 4 rings (SSSR count). The summed E-state index contributed by atoms with van der Waals surface area (Å²) in [6, 6.07) is 13.4. The van der Waals surface area contributed by atoms with Crippen LogP contribution in [0.1, 0.15) is 19.4 Å². The predicted octanol–water partition coefficient (Wildman–Crippen LogP) is 2.79. The monoisotopic (exact) mass is 492 g/mol. The van der Waals surface area contributed by atoms with Gasteiger partial charge in [-0.2, -0.15) is 9.40 Å². The van der Waals surface area contributed by atoms with E-state index < -0.39 is 10.0 Å². The van der Waals surface area contributed by atoms with Gasteiger partial charge in [0.2, 0.25) is 15.9 Å². The summed E-state index contributed by atoms with van der Waals surface area (Å²) in [7, 11) is -3.54. The highest BCUT2D eigenvalue weighted by Gasteiger charge is 2.21. The Hall–Kier alpha value is -4.09. The van der Waals surface area contributed by atoms with Crippen molar-refractivity contribution in [3.63, 3.8) is 0 Å². The van der Waals surface area contributed by atoms with Gasteiger partial charge in [0.05, 0.1) is 28.8 Å². The van der Waals surface area contributed by atoms with Crippen molar-refractivity contribution in [1.29, 1.82) is 0 Å². The van der Waals surface area contributed by atoms with Crippen LogP contribution in [0.15, 0.2) is 76.8 Å². The highest BCUT2D eigenvalue weighted by Crippen LogP contribution is 2.22. The van der Waals surface area contributed by atoms with Crippen LogP contribution >= 0.6 is 0 Å². The number of aromatic nitrogens is 4. The van der Waals surface area contributed by atoms with Crippen LogP contribution in [0, 0.1) is 0 Å². The Balaban J connectivity index is 1.52. The number of rotatable bonds is 8. The van der Waals surface area contributed by atoms with Crippen LogP contribution in [0.25, 0.3) is 22.8 Å². The van der Waals surface area contributed by atoms with Crippen LogP contribution in [0.4, 0.5) is 5.69 Å². The van der Waals surface area contributed by atoms with Crippen molar-refractivity contribution >= 4 is 38.7 Å². The average molecular weight is 493 g/mol. The number of aromatic amines is 1. The highest BCUT2D eigenvalue weighted by atomic mass is 32.2. The van der Waals surface area contributed by atoms with Crippen LogP contribution in [0.3, 0.4) is 0 Å². The van der Waals surface area contributed by atoms with Gasteiger partial charge in [-0.15, -0.1) is 0 Å². The van der Waals surface area contributed by atoms with E-state index in [1.165, 1.54) is 39.7 Å². The maximum atomic E-state index is 12.6. The molecule has 35 heavy (non-hydrogen) atoms. The molecule has 0 aliphatic heterocycles. The molecule has 4 aromatic rings. The lowest BCUT2D eigenvalue weighted by Gasteiger charge is -2.18. The summed E-state index contributed by atoms with van der Waals surface area (Å²) in [5, 5.41) is 7.40. The molecule has 2 aromatic carbocycles. The van der Waals surface area contributed by atoms with E-state index in [2.05, 4.69) is 20.4 Å². The maximum Gasteiger partial charge on any atom is 0.261 e. The minimum atomic E-state index is -3.54. The van der Waals surface area contributed by atoms with E-state index >= 15 is 0 Å². The summed E-state index contributed by atoms with van der Waals surface area (Å²) in [5.74, 6) is -0.389. The van der Waals surface area contributed by atoms with E-state index in [4.69, 9.17) is 0 Å². The summed E-state index contributed by atoms with van der Waals surface area (Å²) in [5.41, 5.74) is 1.77. The molecule has 0 fully saturated rings. The first-order valence-electron chi connectivity index (χ1n) is 10.9. The minimum Gasteiger partial charge on any atom is -0.321 e. The molecular formula is C24H24N6O4S. The van der Waals surface area contributed by atoms with E-state index in [0.29, 0.717) is 41.1 Å². The molecule has 2 aromatic heterocycles. The normalized spacial score (nSPS) is 12.0. The predicted molar refractivity (Wildman–Crippen MR) is 134 cm³/mol. The van der Waals surface area contributed by atoms with Crippen molar-refractivity contribution < 1.29 is 13.2 Å². The molecule has 1 amide bonds. The van der Waals surface area contributed by atoms with Crippen LogP contribution < -0.4 is 10.9 Å². The topological polar surface area (TPSA) is 130 Å². The Morgan fingerprint density at radius 2 is 1.83 bits per heavy atom. The van der Waals surface area contributed by atoms with Gasteiger partial charge >= 0.3 is 0 Å². The first-order chi connectivity index (χ1) is 16.8. The number of benzene rings is 2. The van der Waals surface area contributed by atoms with Gasteiger partial charge in [-0.05, 0) is 35.9 Å². The van der Waals surface area contributed by atoms with Crippen LogP contribution in [0.5, 0.6) is 0 Å². The Morgan fingerprint density at radius 1 is 1.11 bits per heavy atom. The number of carbonyl (C=O) groups is 1. The summed E-state index contributed by atoms with van der Waals surface area (Å²) in [4.78, 5) is 31.5. The third kappa shape index (κ3) is 4.91. The molecule has 0 spiro atoms. The number of carbonyl (C=O) groups excluding carboxylic acids is 1. The molecule has 0 radical (unpaired) electrons. The van der Waals surface area contributed by atoms with Crippen molar-refractivity contribution in [3.05, 3.63) is 83.0 Å². The summed E-state index contributed by atoms with van der Waals surface area (Å²) in [6.45, 7) is 4.37. The smallest absolute Gasteiger partial charge is 0.261 e. The second-order valence-corrected chi connectivity index (χ2v) is 9.46. The molecule has 0 saturated heterocycles. The largest absolute Gasteiger partial charge is 0.321 e. The standard InChI is InChI=1S/C24H24N6O4S/c1-3-29(4-2)35(33,34)18-12-9-17(10-13-18)11-14-22(31)28-20-7-5-6-8-21(20)30-23-19(15-27-30)24(32)26-16-25-23/h5-16H,3-4H2,1-2H3,(H,28,31)(H,25,26,32)/b14-11+.